The van der Waals surface area contributed by atoms with E-state index in [9.17, 15) is 21.6 Å². The molecule has 134 valence electrons. The molecule has 0 amide bonds. The van der Waals surface area contributed by atoms with E-state index in [-0.39, 0.29) is 11.4 Å². The summed E-state index contributed by atoms with van der Waals surface area (Å²) in [5.74, 6) is 0. The fourth-order valence-electron chi connectivity index (χ4n) is 2.71. The van der Waals surface area contributed by atoms with E-state index in [2.05, 4.69) is 15.9 Å². The van der Waals surface area contributed by atoms with Gasteiger partial charge in [-0.05, 0) is 36.4 Å². The minimum Gasteiger partial charge on any atom is -0.371 e. The molecule has 0 N–H and O–H groups in total. The van der Waals surface area contributed by atoms with E-state index in [0.717, 1.165) is 16.4 Å². The predicted molar refractivity (Wildman–Crippen MR) is 93.4 cm³/mol. The second kappa shape index (κ2) is 6.21. The zero-order valence-corrected chi connectivity index (χ0v) is 15.5. The van der Waals surface area contributed by atoms with E-state index in [1.165, 1.54) is 6.07 Å². The molecule has 9 heteroatoms. The van der Waals surface area contributed by atoms with Crippen molar-refractivity contribution in [2.45, 2.75) is 11.1 Å². The van der Waals surface area contributed by atoms with Crippen LogP contribution in [0.2, 0.25) is 0 Å². The van der Waals surface area contributed by atoms with Crippen LogP contribution in [0.15, 0.2) is 51.8 Å². The van der Waals surface area contributed by atoms with Crippen molar-refractivity contribution in [1.29, 1.82) is 0 Å². The molecule has 0 spiro atoms. The molecule has 0 aromatic heterocycles. The number of benzene rings is 2. The number of rotatable bonds is 2. The molecule has 2 aromatic carbocycles. The number of anilines is 2. The van der Waals surface area contributed by atoms with Crippen LogP contribution in [0.4, 0.5) is 24.5 Å². The first-order chi connectivity index (χ1) is 11.6. The van der Waals surface area contributed by atoms with Gasteiger partial charge in [-0.15, -0.1) is 0 Å². The van der Waals surface area contributed by atoms with Crippen molar-refractivity contribution in [2.75, 3.05) is 29.3 Å². The maximum atomic E-state index is 13.0. The lowest BCUT2D eigenvalue weighted by molar-refractivity contribution is -0.137. The number of nitrogens with zero attached hydrogens (tertiary/aromatic N) is 2. The Morgan fingerprint density at radius 1 is 1.04 bits per heavy atom. The molecule has 0 radical (unpaired) electrons. The van der Waals surface area contributed by atoms with Crippen molar-refractivity contribution >= 4 is 37.3 Å². The van der Waals surface area contributed by atoms with Crippen LogP contribution < -0.4 is 9.21 Å². The molecule has 0 bridgehead atoms. The molecular weight excluding hydrogens is 421 g/mol. The van der Waals surface area contributed by atoms with Crippen LogP contribution in [-0.2, 0) is 16.2 Å². The van der Waals surface area contributed by atoms with Crippen molar-refractivity contribution in [1.82, 2.24) is 0 Å². The van der Waals surface area contributed by atoms with E-state index < -0.39 is 21.8 Å². The number of hydrogen-bond acceptors (Lipinski definition) is 3. The quantitative estimate of drug-likeness (QED) is 0.713. The van der Waals surface area contributed by atoms with Gasteiger partial charge >= 0.3 is 6.18 Å². The lowest BCUT2D eigenvalue weighted by Gasteiger charge is -2.36. The molecule has 3 rings (SSSR count). The van der Waals surface area contributed by atoms with Crippen molar-refractivity contribution in [2.24, 2.45) is 0 Å². The second-order valence-corrected chi connectivity index (χ2v) is 8.44. The number of halogens is 4. The van der Waals surface area contributed by atoms with E-state index >= 15 is 0 Å². The molecule has 0 unspecified atom stereocenters. The first-order valence-electron chi connectivity index (χ1n) is 7.31. The van der Waals surface area contributed by atoms with Crippen LogP contribution in [-0.4, -0.2) is 28.6 Å². The Labute approximate surface area is 152 Å². The third-order valence-electron chi connectivity index (χ3n) is 4.01. The summed E-state index contributed by atoms with van der Waals surface area (Å²) in [6.45, 7) is 0.589. The number of fused-ring (bicyclic) bond motifs is 1. The number of hydrogen-bond donors (Lipinski definition) is 0. The normalized spacial score (nSPS) is 15.2. The predicted octanol–water partition coefficient (Wildman–Crippen LogP) is 4.11. The largest absolute Gasteiger partial charge is 0.416 e. The Bertz CT molecular complexity index is 916. The molecule has 0 saturated heterocycles. The van der Waals surface area contributed by atoms with Crippen LogP contribution in [0.3, 0.4) is 0 Å². The molecule has 4 nitrogen and oxygen atoms in total. The Kier molecular flexibility index (Phi) is 4.48. The Morgan fingerprint density at radius 2 is 1.76 bits per heavy atom. The van der Waals surface area contributed by atoms with Crippen molar-refractivity contribution < 1.29 is 21.6 Å². The average molecular weight is 435 g/mol. The minimum atomic E-state index is -4.60. The van der Waals surface area contributed by atoms with Gasteiger partial charge in [-0.1, -0.05) is 22.0 Å². The molecule has 25 heavy (non-hydrogen) atoms. The van der Waals surface area contributed by atoms with Crippen LogP contribution in [0.1, 0.15) is 5.56 Å². The van der Waals surface area contributed by atoms with Crippen LogP contribution in [0.25, 0.3) is 0 Å². The SMILES string of the molecule is CN1CCN(S(=O)(=O)c2cccc(C(F)(F)F)c2)c2cc(Br)ccc21. The maximum absolute atomic E-state index is 13.0. The zero-order chi connectivity index (χ0) is 18.4. The third-order valence-corrected chi connectivity index (χ3v) is 6.31. The fraction of sp³-hybridized carbons (Fsp3) is 0.250. The Hall–Kier alpha value is -1.74. The molecule has 1 aliphatic heterocycles. The fourth-order valence-corrected chi connectivity index (χ4v) is 4.57. The van der Waals surface area contributed by atoms with Crippen molar-refractivity contribution in [3.63, 3.8) is 0 Å². The summed E-state index contributed by atoms with van der Waals surface area (Å²) in [5.41, 5.74) is 0.141. The highest BCUT2D eigenvalue weighted by molar-refractivity contribution is 9.10. The molecule has 1 heterocycles. The first kappa shape index (κ1) is 18.1. The maximum Gasteiger partial charge on any atom is 0.416 e. The summed E-state index contributed by atoms with van der Waals surface area (Å²) in [7, 11) is -2.28. The van der Waals surface area contributed by atoms with E-state index in [1.54, 1.807) is 18.2 Å². The summed E-state index contributed by atoms with van der Waals surface area (Å²) in [5, 5.41) is 0. The van der Waals surface area contributed by atoms with Gasteiger partial charge in [-0.3, -0.25) is 4.31 Å². The van der Waals surface area contributed by atoms with E-state index in [1.807, 2.05) is 11.9 Å². The average Bonchev–Trinajstić information content (AvgIpc) is 2.54. The number of alkyl halides is 3. The highest BCUT2D eigenvalue weighted by Crippen LogP contribution is 2.38. The van der Waals surface area contributed by atoms with E-state index in [4.69, 9.17) is 0 Å². The summed E-state index contributed by atoms with van der Waals surface area (Å²) in [6, 6.07) is 9.02. The van der Waals surface area contributed by atoms with Crippen molar-refractivity contribution in [3.05, 3.63) is 52.5 Å². The lowest BCUT2D eigenvalue weighted by atomic mass is 10.2. The summed E-state index contributed by atoms with van der Waals surface area (Å²) < 4.78 is 66.5. The van der Waals surface area contributed by atoms with Gasteiger partial charge in [0.2, 0.25) is 0 Å². The van der Waals surface area contributed by atoms with Crippen LogP contribution in [0, 0.1) is 0 Å². The monoisotopic (exact) mass is 434 g/mol. The molecular formula is C16H14BrF3N2O2S. The lowest BCUT2D eigenvalue weighted by Crippen LogP contribution is -2.42. The first-order valence-corrected chi connectivity index (χ1v) is 9.55. The highest BCUT2D eigenvalue weighted by atomic mass is 79.9. The molecule has 0 aliphatic carbocycles. The van der Waals surface area contributed by atoms with Gasteiger partial charge in [0.25, 0.3) is 10.0 Å². The van der Waals surface area contributed by atoms with E-state index in [0.29, 0.717) is 28.5 Å². The third kappa shape index (κ3) is 3.35. The van der Waals surface area contributed by atoms with Gasteiger partial charge in [0.15, 0.2) is 0 Å². The molecule has 2 aromatic rings. The highest BCUT2D eigenvalue weighted by Gasteiger charge is 2.35. The molecule has 0 fully saturated rings. The topological polar surface area (TPSA) is 40.6 Å². The summed E-state index contributed by atoms with van der Waals surface area (Å²) in [4.78, 5) is 1.53. The van der Waals surface area contributed by atoms with Gasteiger partial charge in [-0.2, -0.15) is 13.2 Å². The smallest absolute Gasteiger partial charge is 0.371 e. The Morgan fingerprint density at radius 3 is 2.44 bits per heavy atom. The number of sulfonamides is 1. The molecule has 1 aliphatic rings. The van der Waals surface area contributed by atoms with Crippen LogP contribution >= 0.6 is 15.9 Å². The zero-order valence-electron chi connectivity index (χ0n) is 13.1. The van der Waals surface area contributed by atoms with Gasteiger partial charge in [0, 0.05) is 18.1 Å². The standard InChI is InChI=1S/C16H14BrF3N2O2S/c1-21-7-8-22(15-10-12(17)5-6-14(15)21)25(23,24)13-4-2-3-11(9-13)16(18,19)20/h2-6,9-10H,7-8H2,1H3. The van der Waals surface area contributed by atoms with Crippen LogP contribution in [0.5, 0.6) is 0 Å². The minimum absolute atomic E-state index is 0.151. The Balaban J connectivity index is 2.11. The van der Waals surface area contributed by atoms with Gasteiger partial charge in [0.1, 0.15) is 0 Å². The van der Waals surface area contributed by atoms with Gasteiger partial charge < -0.3 is 4.90 Å². The summed E-state index contributed by atoms with van der Waals surface area (Å²) >= 11 is 3.31. The molecule has 0 saturated carbocycles. The van der Waals surface area contributed by atoms with Gasteiger partial charge in [-0.25, -0.2) is 8.42 Å². The molecule has 0 atom stereocenters. The second-order valence-electron chi connectivity index (χ2n) is 5.66. The van der Waals surface area contributed by atoms with Gasteiger partial charge in [0.05, 0.1) is 28.4 Å². The summed E-state index contributed by atoms with van der Waals surface area (Å²) in [6.07, 6.45) is -4.60. The number of likely N-dealkylation sites (N-methyl/N-ethyl adjacent to an activating group) is 1. The van der Waals surface area contributed by atoms with Crippen molar-refractivity contribution in [3.8, 4) is 0 Å².